The molecule has 1 nitrogen and oxygen atoms in total. The van der Waals surface area contributed by atoms with Crippen molar-refractivity contribution >= 4 is 7.85 Å². The molecule has 0 aliphatic heterocycles. The second kappa shape index (κ2) is 3.78. The SMILES string of the molecule is [B]C(C)CNC=C. The van der Waals surface area contributed by atoms with Crippen LogP contribution in [0.2, 0.25) is 5.82 Å². The van der Waals surface area contributed by atoms with Crippen LogP contribution in [0.25, 0.3) is 0 Å². The summed E-state index contributed by atoms with van der Waals surface area (Å²) in [7, 11) is 5.37. The highest BCUT2D eigenvalue weighted by Crippen LogP contribution is 1.88. The van der Waals surface area contributed by atoms with E-state index in [9.17, 15) is 0 Å². The van der Waals surface area contributed by atoms with Gasteiger partial charge >= 0.3 is 0 Å². The highest BCUT2D eigenvalue weighted by atomic mass is 14.8. The average Bonchev–Trinajstić information content (AvgIpc) is 1.61. The molecule has 0 fully saturated rings. The van der Waals surface area contributed by atoms with Crippen molar-refractivity contribution in [1.82, 2.24) is 5.32 Å². The first-order chi connectivity index (χ1) is 3.27. The molecule has 0 aliphatic rings. The number of nitrogens with one attached hydrogen (secondary N) is 1. The summed E-state index contributed by atoms with van der Waals surface area (Å²) in [5.41, 5.74) is 0. The van der Waals surface area contributed by atoms with Crippen molar-refractivity contribution in [2.45, 2.75) is 12.7 Å². The zero-order valence-electron chi connectivity index (χ0n) is 4.65. The van der Waals surface area contributed by atoms with E-state index in [-0.39, 0.29) is 5.82 Å². The van der Waals surface area contributed by atoms with Gasteiger partial charge in [0.05, 0.1) is 7.85 Å². The highest BCUT2D eigenvalue weighted by molar-refractivity contribution is 6.11. The molecule has 0 saturated heterocycles. The Balaban J connectivity index is 2.81. The monoisotopic (exact) mass is 95.1 g/mol. The molecule has 0 bridgehead atoms. The van der Waals surface area contributed by atoms with E-state index < -0.39 is 0 Å². The lowest BCUT2D eigenvalue weighted by molar-refractivity contribution is 0.808. The maximum Gasteiger partial charge on any atom is 0.0719 e. The zero-order chi connectivity index (χ0) is 5.70. The molecule has 1 atom stereocenters. The zero-order valence-corrected chi connectivity index (χ0v) is 4.65. The smallest absolute Gasteiger partial charge is 0.0719 e. The summed E-state index contributed by atoms with van der Waals surface area (Å²) in [4.78, 5) is 0. The minimum atomic E-state index is 0.220. The van der Waals surface area contributed by atoms with Crippen LogP contribution in [0.1, 0.15) is 6.92 Å². The molecule has 2 radical (unpaired) electrons. The van der Waals surface area contributed by atoms with Crippen molar-refractivity contribution in [3.63, 3.8) is 0 Å². The molecule has 38 valence electrons. The van der Waals surface area contributed by atoms with E-state index in [1.165, 1.54) is 0 Å². The summed E-state index contributed by atoms with van der Waals surface area (Å²) in [5, 5.41) is 2.89. The van der Waals surface area contributed by atoms with Crippen LogP contribution in [0, 0.1) is 0 Å². The Morgan fingerprint density at radius 2 is 2.57 bits per heavy atom. The normalized spacial score (nSPS) is 12.7. The van der Waals surface area contributed by atoms with Gasteiger partial charge in [0.25, 0.3) is 0 Å². The van der Waals surface area contributed by atoms with E-state index in [0.29, 0.717) is 0 Å². The molecule has 1 unspecified atom stereocenters. The first-order valence-corrected chi connectivity index (χ1v) is 2.37. The van der Waals surface area contributed by atoms with Crippen molar-refractivity contribution in [2.24, 2.45) is 0 Å². The first kappa shape index (κ1) is 6.60. The van der Waals surface area contributed by atoms with Crippen LogP contribution in [-0.2, 0) is 0 Å². The third-order valence-electron chi connectivity index (χ3n) is 0.584. The highest BCUT2D eigenvalue weighted by Gasteiger charge is 1.85. The van der Waals surface area contributed by atoms with E-state index in [1.54, 1.807) is 6.20 Å². The molecule has 7 heavy (non-hydrogen) atoms. The molecule has 2 heteroatoms. The van der Waals surface area contributed by atoms with Crippen LogP contribution in [0.4, 0.5) is 0 Å². The van der Waals surface area contributed by atoms with Crippen LogP contribution < -0.4 is 5.32 Å². The van der Waals surface area contributed by atoms with Crippen LogP contribution >= 0.6 is 0 Å². The number of hydrogen-bond donors (Lipinski definition) is 1. The molecular formula is C5H10BN. The Labute approximate surface area is 46.2 Å². The lowest BCUT2D eigenvalue weighted by Crippen LogP contribution is -2.10. The minimum absolute atomic E-state index is 0.220. The molecule has 0 spiro atoms. The molecule has 0 amide bonds. The number of hydrogen-bond acceptors (Lipinski definition) is 1. The van der Waals surface area contributed by atoms with Gasteiger partial charge in [-0.1, -0.05) is 19.3 Å². The van der Waals surface area contributed by atoms with E-state index in [1.807, 2.05) is 6.92 Å². The lowest BCUT2D eigenvalue weighted by atomic mass is 9.90. The standard InChI is InChI=1S/C5H10BN/c1-3-7-4-5(2)6/h3,5,7H,1,4H2,2H3. The first-order valence-electron chi connectivity index (χ1n) is 2.37. The fourth-order valence-electron chi connectivity index (χ4n) is 0.269. The van der Waals surface area contributed by atoms with Gasteiger partial charge in [0.15, 0.2) is 0 Å². The molecular weight excluding hydrogens is 84.9 g/mol. The summed E-state index contributed by atoms with van der Waals surface area (Å²) < 4.78 is 0. The molecule has 1 N–H and O–H groups in total. The summed E-state index contributed by atoms with van der Waals surface area (Å²) >= 11 is 0. The van der Waals surface area contributed by atoms with Gasteiger partial charge in [-0.25, -0.2) is 0 Å². The van der Waals surface area contributed by atoms with Crippen LogP contribution in [0.3, 0.4) is 0 Å². The summed E-state index contributed by atoms with van der Waals surface area (Å²) in [6, 6.07) is 0. The third kappa shape index (κ3) is 5.60. The molecule has 0 aliphatic carbocycles. The molecule has 0 aromatic carbocycles. The van der Waals surface area contributed by atoms with Crippen molar-refractivity contribution in [2.75, 3.05) is 6.54 Å². The Kier molecular flexibility index (Phi) is 3.57. The Morgan fingerprint density at radius 3 is 2.71 bits per heavy atom. The maximum atomic E-state index is 5.37. The molecule has 0 aromatic rings. The number of rotatable bonds is 3. The predicted octanol–water partition coefficient (Wildman–Crippen LogP) is 0.696. The summed E-state index contributed by atoms with van der Waals surface area (Å²) in [5.74, 6) is 0.220. The fraction of sp³-hybridized carbons (Fsp3) is 0.600. The predicted molar refractivity (Wildman–Crippen MR) is 33.4 cm³/mol. The molecule has 0 rings (SSSR count). The van der Waals surface area contributed by atoms with E-state index in [2.05, 4.69) is 11.9 Å². The second-order valence-electron chi connectivity index (χ2n) is 1.59. The van der Waals surface area contributed by atoms with Gasteiger partial charge in [-0.15, -0.1) is 0 Å². The molecule has 0 aromatic heterocycles. The van der Waals surface area contributed by atoms with Crippen molar-refractivity contribution < 1.29 is 0 Å². The quantitative estimate of drug-likeness (QED) is 0.508. The maximum absolute atomic E-state index is 5.37. The van der Waals surface area contributed by atoms with E-state index in [4.69, 9.17) is 7.85 Å². The fourth-order valence-corrected chi connectivity index (χ4v) is 0.269. The lowest BCUT2D eigenvalue weighted by Gasteiger charge is -2.01. The summed E-state index contributed by atoms with van der Waals surface area (Å²) in [6.45, 7) is 6.22. The van der Waals surface area contributed by atoms with Crippen LogP contribution in [0.5, 0.6) is 0 Å². The molecule has 0 saturated carbocycles. The summed E-state index contributed by atoms with van der Waals surface area (Å²) in [6.07, 6.45) is 1.64. The van der Waals surface area contributed by atoms with E-state index in [0.717, 1.165) is 6.54 Å². The van der Waals surface area contributed by atoms with Crippen LogP contribution in [0.15, 0.2) is 12.8 Å². The Morgan fingerprint density at radius 1 is 2.00 bits per heavy atom. The third-order valence-corrected chi connectivity index (χ3v) is 0.584. The average molecular weight is 95.0 g/mol. The largest absolute Gasteiger partial charge is 0.392 e. The van der Waals surface area contributed by atoms with Gasteiger partial charge in [-0.3, -0.25) is 0 Å². The van der Waals surface area contributed by atoms with Gasteiger partial charge < -0.3 is 5.32 Å². The van der Waals surface area contributed by atoms with Crippen molar-refractivity contribution in [1.29, 1.82) is 0 Å². The Hall–Kier alpha value is -0.395. The Bertz CT molecular complexity index is 52.0. The van der Waals surface area contributed by atoms with Gasteiger partial charge in [0.2, 0.25) is 0 Å². The van der Waals surface area contributed by atoms with Gasteiger partial charge in [-0.05, 0) is 6.20 Å². The molecule has 0 heterocycles. The van der Waals surface area contributed by atoms with E-state index >= 15 is 0 Å². The van der Waals surface area contributed by atoms with Crippen molar-refractivity contribution in [3.05, 3.63) is 12.8 Å². The van der Waals surface area contributed by atoms with Gasteiger partial charge in [-0.2, -0.15) is 0 Å². The van der Waals surface area contributed by atoms with Gasteiger partial charge in [0.1, 0.15) is 0 Å². The van der Waals surface area contributed by atoms with Crippen molar-refractivity contribution in [3.8, 4) is 0 Å². The minimum Gasteiger partial charge on any atom is -0.392 e. The van der Waals surface area contributed by atoms with Gasteiger partial charge in [0, 0.05) is 6.54 Å². The second-order valence-corrected chi connectivity index (χ2v) is 1.59. The topological polar surface area (TPSA) is 12.0 Å². The van der Waals surface area contributed by atoms with Crippen LogP contribution in [-0.4, -0.2) is 14.4 Å².